The molecule has 0 atom stereocenters. The summed E-state index contributed by atoms with van der Waals surface area (Å²) in [7, 11) is -3.72. The van der Waals surface area contributed by atoms with Gasteiger partial charge in [0.25, 0.3) is 0 Å². The van der Waals surface area contributed by atoms with Crippen LogP contribution in [0.1, 0.15) is 20.8 Å². The molecule has 3 heteroatoms. The van der Waals surface area contributed by atoms with Crippen LogP contribution in [0.4, 0.5) is 0 Å². The Morgan fingerprint density at radius 1 is 0.700 bits per heavy atom. The SMILES string of the molecule is CC[Si](CC)(CC)[Si](C)(C)c1ccccc1[Si](C)(C)C. The predicted molar refractivity (Wildman–Crippen MR) is 104 cm³/mol. The lowest BCUT2D eigenvalue weighted by Gasteiger charge is -2.45. The molecule has 1 aromatic carbocycles. The molecule has 20 heavy (non-hydrogen) atoms. The summed E-state index contributed by atoms with van der Waals surface area (Å²) in [4.78, 5) is 0. The maximum Gasteiger partial charge on any atom is 0.0774 e. The van der Waals surface area contributed by atoms with Crippen molar-refractivity contribution in [2.75, 3.05) is 0 Å². The average molecular weight is 323 g/mol. The molecule has 0 bridgehead atoms. The number of rotatable bonds is 6. The van der Waals surface area contributed by atoms with Crippen molar-refractivity contribution in [3.8, 4) is 0 Å². The summed E-state index contributed by atoms with van der Waals surface area (Å²) in [6.07, 6.45) is 0. The van der Waals surface area contributed by atoms with Crippen LogP contribution in [0.3, 0.4) is 0 Å². The number of benzene rings is 1. The van der Waals surface area contributed by atoms with Gasteiger partial charge in [0.2, 0.25) is 0 Å². The Hall–Kier alpha value is -0.129. The molecule has 0 saturated carbocycles. The lowest BCUT2D eigenvalue weighted by Crippen LogP contribution is -2.70. The Kier molecular flexibility index (Phi) is 5.67. The minimum absolute atomic E-state index is 1.13. The zero-order valence-corrected chi connectivity index (χ0v) is 17.9. The highest BCUT2D eigenvalue weighted by Crippen LogP contribution is 2.30. The molecular weight excluding hydrogens is 288 g/mol. The molecule has 114 valence electrons. The van der Waals surface area contributed by atoms with Gasteiger partial charge in [0.1, 0.15) is 0 Å². The molecule has 0 radical (unpaired) electrons. The molecule has 1 rings (SSSR count). The third kappa shape index (κ3) is 3.04. The molecular formula is C17H34Si3. The molecule has 0 heterocycles. The van der Waals surface area contributed by atoms with Gasteiger partial charge in [0, 0.05) is 0 Å². The highest BCUT2D eigenvalue weighted by Gasteiger charge is 2.47. The molecule has 0 N–H and O–H groups in total. The summed E-state index contributed by atoms with van der Waals surface area (Å²) in [6.45, 7) is 20.3. The number of hydrogen-bond acceptors (Lipinski definition) is 0. The summed E-state index contributed by atoms with van der Waals surface area (Å²) in [5.41, 5.74) is 0. The van der Waals surface area contributed by atoms with Gasteiger partial charge in [-0.25, -0.2) is 0 Å². The Morgan fingerprint density at radius 3 is 1.45 bits per heavy atom. The third-order valence-corrected chi connectivity index (χ3v) is 28.5. The van der Waals surface area contributed by atoms with Gasteiger partial charge in [-0.3, -0.25) is 0 Å². The van der Waals surface area contributed by atoms with Gasteiger partial charge in [0.15, 0.2) is 0 Å². The third-order valence-electron chi connectivity index (χ3n) is 5.76. The van der Waals surface area contributed by atoms with Gasteiger partial charge in [-0.05, 0) is 0 Å². The first-order chi connectivity index (χ1) is 9.16. The van der Waals surface area contributed by atoms with Crippen LogP contribution in [-0.2, 0) is 0 Å². The molecule has 0 aromatic heterocycles. The van der Waals surface area contributed by atoms with Crippen molar-refractivity contribution in [3.05, 3.63) is 24.3 Å². The van der Waals surface area contributed by atoms with E-state index in [0.717, 1.165) is 0 Å². The van der Waals surface area contributed by atoms with Gasteiger partial charge in [-0.15, -0.1) is 0 Å². The molecule has 0 unspecified atom stereocenters. The minimum Gasteiger partial charge on any atom is -0.0680 e. The highest BCUT2D eigenvalue weighted by atomic mass is 29.3. The van der Waals surface area contributed by atoms with E-state index in [1.54, 1.807) is 10.4 Å². The van der Waals surface area contributed by atoms with E-state index in [-0.39, 0.29) is 0 Å². The van der Waals surface area contributed by atoms with E-state index in [1.165, 1.54) is 18.1 Å². The second-order valence-corrected chi connectivity index (χ2v) is 28.2. The van der Waals surface area contributed by atoms with Crippen molar-refractivity contribution in [3.63, 3.8) is 0 Å². The summed E-state index contributed by atoms with van der Waals surface area (Å²) < 4.78 is 0. The second-order valence-electron chi connectivity index (χ2n) is 7.76. The maximum atomic E-state index is 2.68. The first-order valence-electron chi connectivity index (χ1n) is 8.26. The predicted octanol–water partition coefficient (Wildman–Crippen LogP) is 4.73. The first kappa shape index (κ1) is 17.9. The molecule has 0 aliphatic carbocycles. The van der Waals surface area contributed by atoms with Gasteiger partial charge in [0.05, 0.1) is 23.3 Å². The monoisotopic (exact) mass is 322 g/mol. The van der Waals surface area contributed by atoms with Crippen LogP contribution < -0.4 is 10.4 Å². The molecule has 0 aliphatic heterocycles. The molecule has 0 amide bonds. The van der Waals surface area contributed by atoms with Gasteiger partial charge in [-0.1, -0.05) is 106 Å². The summed E-state index contributed by atoms with van der Waals surface area (Å²) >= 11 is 0. The molecule has 0 aliphatic rings. The quantitative estimate of drug-likeness (QED) is 0.664. The fraction of sp³-hybridized carbons (Fsp3) is 0.647. The lowest BCUT2D eigenvalue weighted by atomic mass is 10.4. The van der Waals surface area contributed by atoms with E-state index < -0.39 is 23.3 Å². The lowest BCUT2D eigenvalue weighted by molar-refractivity contribution is 1.21. The topological polar surface area (TPSA) is 0 Å². The van der Waals surface area contributed by atoms with Crippen molar-refractivity contribution < 1.29 is 0 Å². The van der Waals surface area contributed by atoms with Crippen molar-refractivity contribution in [1.29, 1.82) is 0 Å². The highest BCUT2D eigenvalue weighted by molar-refractivity contribution is 7.47. The van der Waals surface area contributed by atoms with E-state index in [9.17, 15) is 0 Å². The maximum absolute atomic E-state index is 2.68. The fourth-order valence-corrected chi connectivity index (χ4v) is 24.3. The van der Waals surface area contributed by atoms with Crippen LogP contribution in [0, 0.1) is 0 Å². The van der Waals surface area contributed by atoms with Crippen molar-refractivity contribution in [2.45, 2.75) is 71.6 Å². The van der Waals surface area contributed by atoms with Crippen LogP contribution in [0.15, 0.2) is 24.3 Å². The summed E-state index contributed by atoms with van der Waals surface area (Å²) in [6, 6.07) is 13.8. The Morgan fingerprint density at radius 2 is 1.10 bits per heavy atom. The number of hydrogen-bond donors (Lipinski definition) is 0. The molecule has 0 nitrogen and oxygen atoms in total. The van der Waals surface area contributed by atoms with Gasteiger partial charge in [-0.2, -0.15) is 0 Å². The Bertz CT molecular complexity index is 432. The average Bonchev–Trinajstić information content (AvgIpc) is 2.40. The van der Waals surface area contributed by atoms with E-state index in [0.29, 0.717) is 0 Å². The van der Waals surface area contributed by atoms with E-state index >= 15 is 0 Å². The van der Waals surface area contributed by atoms with Crippen molar-refractivity contribution >= 4 is 33.6 Å². The van der Waals surface area contributed by atoms with Crippen LogP contribution in [0.25, 0.3) is 0 Å². The van der Waals surface area contributed by atoms with Crippen molar-refractivity contribution in [2.24, 2.45) is 0 Å². The minimum atomic E-state index is -1.34. The Balaban J connectivity index is 3.50. The van der Waals surface area contributed by atoms with Gasteiger partial charge < -0.3 is 0 Å². The normalized spacial score (nSPS) is 13.6. The zero-order valence-electron chi connectivity index (χ0n) is 14.9. The van der Waals surface area contributed by atoms with E-state index in [2.05, 4.69) is 77.8 Å². The van der Waals surface area contributed by atoms with Crippen LogP contribution >= 0.6 is 0 Å². The summed E-state index contributed by atoms with van der Waals surface area (Å²) in [5.74, 6) is 0. The molecule has 0 fully saturated rings. The van der Waals surface area contributed by atoms with Crippen LogP contribution in [0.2, 0.25) is 50.9 Å². The Labute approximate surface area is 129 Å². The second kappa shape index (κ2) is 6.32. The largest absolute Gasteiger partial charge is 0.0774 e. The van der Waals surface area contributed by atoms with Crippen molar-refractivity contribution in [1.82, 2.24) is 0 Å². The fourth-order valence-electron chi connectivity index (χ4n) is 4.04. The van der Waals surface area contributed by atoms with E-state index in [1.807, 2.05) is 0 Å². The summed E-state index contributed by atoms with van der Waals surface area (Å²) in [5, 5.41) is 3.54. The van der Waals surface area contributed by atoms with Gasteiger partial charge >= 0.3 is 0 Å². The van der Waals surface area contributed by atoms with Crippen LogP contribution in [0.5, 0.6) is 0 Å². The molecule has 0 spiro atoms. The molecule has 1 aromatic rings. The zero-order chi connectivity index (χ0) is 15.6. The van der Waals surface area contributed by atoms with Crippen LogP contribution in [-0.4, -0.2) is 23.3 Å². The standard InChI is InChI=1S/C17H34Si3/c1-9-20(10-2,11-3)19(7,8)17-15-13-12-14-16(17)18(4,5)6/h12-15H,9-11H2,1-8H3. The smallest absolute Gasteiger partial charge is 0.0680 e. The van der Waals surface area contributed by atoms with E-state index in [4.69, 9.17) is 0 Å². The first-order valence-corrected chi connectivity index (χ1v) is 18.4. The molecule has 0 saturated heterocycles.